The molecule has 22 heavy (non-hydrogen) atoms. The first-order valence-corrected chi connectivity index (χ1v) is 8.50. The van der Waals surface area contributed by atoms with Gasteiger partial charge in [0, 0.05) is 15.4 Å². The quantitative estimate of drug-likeness (QED) is 0.763. The average Bonchev–Trinajstić information content (AvgIpc) is 2.88. The summed E-state index contributed by atoms with van der Waals surface area (Å²) < 4.78 is 11.4. The number of benzene rings is 1. The van der Waals surface area contributed by atoms with Crippen LogP contribution in [0, 0.1) is 0 Å². The number of nitrogens with one attached hydrogen (secondary N) is 1. The lowest BCUT2D eigenvalue weighted by atomic mass is 10.2. The van der Waals surface area contributed by atoms with Gasteiger partial charge >= 0.3 is 0 Å². The molecule has 1 aromatic carbocycles. The molecule has 1 aromatic heterocycles. The number of ether oxygens (including phenoxy) is 2. The number of thiophene rings is 1. The van der Waals surface area contributed by atoms with Crippen molar-refractivity contribution in [2.45, 2.75) is 13.3 Å². The first kappa shape index (κ1) is 17.1. The van der Waals surface area contributed by atoms with E-state index in [9.17, 15) is 4.79 Å². The highest BCUT2D eigenvalue weighted by Gasteiger charge is 2.16. The second-order valence-corrected chi connectivity index (χ2v) is 6.77. The first-order chi connectivity index (χ1) is 10.5. The fraction of sp³-hybridized carbons (Fsp3) is 0.267. The van der Waals surface area contributed by atoms with Gasteiger partial charge in [0.15, 0.2) is 0 Å². The van der Waals surface area contributed by atoms with E-state index in [-0.39, 0.29) is 5.91 Å². The van der Waals surface area contributed by atoms with Gasteiger partial charge in [-0.2, -0.15) is 0 Å². The van der Waals surface area contributed by atoms with E-state index in [2.05, 4.69) is 21.2 Å². The normalized spacial score (nSPS) is 10.4. The summed E-state index contributed by atoms with van der Waals surface area (Å²) in [6.45, 7) is 2.05. The zero-order chi connectivity index (χ0) is 16.3. The van der Waals surface area contributed by atoms with Crippen LogP contribution in [0.15, 0.2) is 22.7 Å². The minimum atomic E-state index is -0.204. The first-order valence-electron chi connectivity index (χ1n) is 6.51. The lowest BCUT2D eigenvalue weighted by Gasteiger charge is -2.12. The maximum atomic E-state index is 12.4. The van der Waals surface area contributed by atoms with E-state index in [0.717, 1.165) is 15.8 Å². The molecule has 0 aliphatic carbocycles. The van der Waals surface area contributed by atoms with Crippen LogP contribution in [0.4, 0.5) is 5.69 Å². The van der Waals surface area contributed by atoms with Crippen LogP contribution in [0.5, 0.6) is 11.5 Å². The number of hydrogen-bond donors (Lipinski definition) is 1. The number of halogens is 2. The molecule has 0 radical (unpaired) electrons. The molecule has 1 N–H and O–H groups in total. The predicted molar refractivity (Wildman–Crippen MR) is 93.9 cm³/mol. The highest BCUT2D eigenvalue weighted by Crippen LogP contribution is 2.36. The number of amides is 1. The third-order valence-electron chi connectivity index (χ3n) is 3.02. The Morgan fingerprint density at radius 2 is 1.95 bits per heavy atom. The molecular formula is C15H15BrClNO3S. The SMILES string of the molecule is CCc1sc(C(=O)Nc2cc(Cl)c(OC)cc2OC)cc1Br. The lowest BCUT2D eigenvalue weighted by molar-refractivity contribution is 0.103. The Morgan fingerprint density at radius 1 is 1.27 bits per heavy atom. The Kier molecular flexibility index (Phi) is 5.72. The van der Waals surface area contributed by atoms with Crippen molar-refractivity contribution in [2.75, 3.05) is 19.5 Å². The van der Waals surface area contributed by atoms with E-state index in [1.807, 2.05) is 13.0 Å². The van der Waals surface area contributed by atoms with Gasteiger partial charge in [-0.15, -0.1) is 11.3 Å². The van der Waals surface area contributed by atoms with Gasteiger partial charge in [0.2, 0.25) is 0 Å². The Morgan fingerprint density at radius 3 is 2.50 bits per heavy atom. The molecule has 0 aliphatic rings. The van der Waals surface area contributed by atoms with Crippen LogP contribution in [-0.4, -0.2) is 20.1 Å². The molecule has 0 unspecified atom stereocenters. The van der Waals surface area contributed by atoms with Crippen molar-refractivity contribution < 1.29 is 14.3 Å². The summed E-state index contributed by atoms with van der Waals surface area (Å²) in [6, 6.07) is 5.07. The summed E-state index contributed by atoms with van der Waals surface area (Å²) in [5.41, 5.74) is 0.501. The fourth-order valence-electron chi connectivity index (χ4n) is 1.90. The van der Waals surface area contributed by atoms with Crippen LogP contribution in [-0.2, 0) is 6.42 Å². The summed E-state index contributed by atoms with van der Waals surface area (Å²) in [6.07, 6.45) is 0.871. The van der Waals surface area contributed by atoms with Crippen molar-refractivity contribution in [3.05, 3.63) is 37.4 Å². The van der Waals surface area contributed by atoms with Gasteiger partial charge < -0.3 is 14.8 Å². The molecule has 1 amide bonds. The summed E-state index contributed by atoms with van der Waals surface area (Å²) >= 11 is 11.0. The molecular weight excluding hydrogens is 390 g/mol. The number of aryl methyl sites for hydroxylation is 1. The van der Waals surface area contributed by atoms with Gasteiger partial charge in [-0.05, 0) is 34.5 Å². The molecule has 0 fully saturated rings. The molecule has 4 nitrogen and oxygen atoms in total. The third-order valence-corrected chi connectivity index (χ3v) is 5.57. The van der Waals surface area contributed by atoms with Crippen molar-refractivity contribution in [3.63, 3.8) is 0 Å². The van der Waals surface area contributed by atoms with Crippen molar-refractivity contribution >= 4 is 50.5 Å². The predicted octanol–water partition coefficient (Wildman–Crippen LogP) is 5.00. The maximum Gasteiger partial charge on any atom is 0.265 e. The molecule has 0 aliphatic heterocycles. The molecule has 1 heterocycles. The van der Waals surface area contributed by atoms with Gasteiger partial charge in [-0.3, -0.25) is 4.79 Å². The number of methoxy groups -OCH3 is 2. The van der Waals surface area contributed by atoms with Crippen LogP contribution in [0.25, 0.3) is 0 Å². The Balaban J connectivity index is 2.29. The van der Waals surface area contributed by atoms with Crippen LogP contribution < -0.4 is 14.8 Å². The highest BCUT2D eigenvalue weighted by molar-refractivity contribution is 9.10. The van der Waals surface area contributed by atoms with Crippen molar-refractivity contribution in [1.29, 1.82) is 0 Å². The zero-order valence-corrected chi connectivity index (χ0v) is 15.5. The number of carbonyl (C=O) groups excluding carboxylic acids is 1. The summed E-state index contributed by atoms with van der Waals surface area (Å²) in [5, 5.41) is 3.22. The maximum absolute atomic E-state index is 12.4. The van der Waals surface area contributed by atoms with Gasteiger partial charge in [-0.1, -0.05) is 18.5 Å². The van der Waals surface area contributed by atoms with Crippen LogP contribution in [0.1, 0.15) is 21.5 Å². The van der Waals surface area contributed by atoms with E-state index < -0.39 is 0 Å². The standard InChI is InChI=1S/C15H15BrClNO3S/c1-4-13-8(16)5-14(22-13)15(19)18-10-6-9(17)11(20-2)7-12(10)21-3/h5-7H,4H2,1-3H3,(H,18,19). The minimum absolute atomic E-state index is 0.204. The monoisotopic (exact) mass is 403 g/mol. The van der Waals surface area contributed by atoms with Crippen LogP contribution >= 0.6 is 38.9 Å². The highest BCUT2D eigenvalue weighted by atomic mass is 79.9. The second-order valence-electron chi connectivity index (χ2n) is 4.38. The summed E-state index contributed by atoms with van der Waals surface area (Å²) in [4.78, 5) is 14.1. The molecule has 7 heteroatoms. The minimum Gasteiger partial charge on any atom is -0.495 e. The number of rotatable bonds is 5. The number of anilines is 1. The molecule has 2 rings (SSSR count). The van der Waals surface area contributed by atoms with Crippen molar-refractivity contribution in [3.8, 4) is 11.5 Å². The molecule has 118 valence electrons. The molecule has 0 atom stereocenters. The largest absolute Gasteiger partial charge is 0.495 e. The number of carbonyl (C=O) groups is 1. The van der Waals surface area contributed by atoms with E-state index in [1.165, 1.54) is 25.6 Å². The summed E-state index contributed by atoms with van der Waals surface area (Å²) in [7, 11) is 3.05. The van der Waals surface area contributed by atoms with E-state index in [1.54, 1.807) is 12.1 Å². The number of hydrogen-bond acceptors (Lipinski definition) is 4. The van der Waals surface area contributed by atoms with Gasteiger partial charge in [-0.25, -0.2) is 0 Å². The molecule has 0 bridgehead atoms. The van der Waals surface area contributed by atoms with Gasteiger partial charge in [0.1, 0.15) is 11.5 Å². The van der Waals surface area contributed by atoms with Crippen molar-refractivity contribution in [1.82, 2.24) is 0 Å². The van der Waals surface area contributed by atoms with Gasteiger partial charge in [0.25, 0.3) is 5.91 Å². The lowest BCUT2D eigenvalue weighted by Crippen LogP contribution is -2.11. The molecule has 0 saturated heterocycles. The zero-order valence-electron chi connectivity index (χ0n) is 12.3. The molecule has 0 saturated carbocycles. The van der Waals surface area contributed by atoms with E-state index in [4.69, 9.17) is 21.1 Å². The van der Waals surface area contributed by atoms with E-state index >= 15 is 0 Å². The smallest absolute Gasteiger partial charge is 0.265 e. The third kappa shape index (κ3) is 3.56. The topological polar surface area (TPSA) is 47.6 Å². The summed E-state index contributed by atoms with van der Waals surface area (Å²) in [5.74, 6) is 0.773. The Labute approximate surface area is 146 Å². The van der Waals surface area contributed by atoms with Crippen LogP contribution in [0.3, 0.4) is 0 Å². The Bertz CT molecular complexity index is 702. The average molecular weight is 405 g/mol. The van der Waals surface area contributed by atoms with Crippen molar-refractivity contribution in [2.24, 2.45) is 0 Å². The van der Waals surface area contributed by atoms with E-state index in [0.29, 0.717) is 27.1 Å². The Hall–Kier alpha value is -1.24. The van der Waals surface area contributed by atoms with Crippen LogP contribution in [0.2, 0.25) is 5.02 Å². The fourth-order valence-corrected chi connectivity index (χ4v) is 3.93. The molecule has 2 aromatic rings. The second kappa shape index (κ2) is 7.35. The molecule has 0 spiro atoms. The van der Waals surface area contributed by atoms with Gasteiger partial charge in [0.05, 0.1) is 29.8 Å².